The molecule has 1 atom stereocenters. The van der Waals surface area contributed by atoms with Gasteiger partial charge in [0.15, 0.2) is 0 Å². The van der Waals surface area contributed by atoms with Crippen molar-refractivity contribution >= 4 is 17.3 Å². The summed E-state index contributed by atoms with van der Waals surface area (Å²) in [5, 5.41) is 0. The van der Waals surface area contributed by atoms with Crippen LogP contribution in [0.5, 0.6) is 0 Å². The number of ether oxygens (including phenoxy) is 1. The molecule has 0 aliphatic rings. The molecule has 0 aromatic carbocycles. The second kappa shape index (κ2) is 5.14. The van der Waals surface area contributed by atoms with Crippen LogP contribution >= 0.6 is 0 Å². The van der Waals surface area contributed by atoms with E-state index in [4.69, 9.17) is 0 Å². The molecule has 0 rings (SSSR count). The van der Waals surface area contributed by atoms with Crippen molar-refractivity contribution in [3.05, 3.63) is 0 Å². The number of halogens is 3. The molecule has 0 aromatic heterocycles. The van der Waals surface area contributed by atoms with Crippen LogP contribution in [-0.2, 0) is 25.1 Å². The Kier molecular flexibility index (Phi) is 4.88. The predicted octanol–water partition coefficient (Wildman–Crippen LogP) is 0.250. The Balaban J connectivity index is 3.59. The number of rotatable bonds is 4. The highest BCUT2D eigenvalue weighted by Gasteiger charge is 2.32. The van der Waals surface area contributed by atoms with Gasteiger partial charge in [-0.15, -0.1) is 0 Å². The zero-order chi connectivity index (χ0) is 10.5. The van der Waals surface area contributed by atoms with Gasteiger partial charge in [0, 0.05) is 0 Å². The summed E-state index contributed by atoms with van der Waals surface area (Å²) >= 11 is -2.91. The van der Waals surface area contributed by atoms with Crippen LogP contribution in [0.3, 0.4) is 0 Å². The number of esters is 1. The van der Waals surface area contributed by atoms with Crippen LogP contribution in [0.4, 0.5) is 13.2 Å². The zero-order valence-corrected chi connectivity index (χ0v) is 6.81. The van der Waals surface area contributed by atoms with E-state index in [1.165, 1.54) is 0 Å². The van der Waals surface area contributed by atoms with Crippen molar-refractivity contribution in [3.63, 3.8) is 0 Å². The fourth-order valence-corrected chi connectivity index (χ4v) is 0.470. The molecule has 0 radical (unpaired) electrons. The number of hydrogen-bond acceptors (Lipinski definition) is 5. The van der Waals surface area contributed by atoms with E-state index in [1.807, 2.05) is 0 Å². The summed E-state index contributed by atoms with van der Waals surface area (Å²) in [4.78, 5) is 10.2. The molecule has 78 valence electrons. The van der Waals surface area contributed by atoms with Crippen molar-refractivity contribution in [2.24, 2.45) is 0 Å². The van der Waals surface area contributed by atoms with E-state index < -0.39 is 36.7 Å². The first-order valence-corrected chi connectivity index (χ1v) is 3.76. The molecule has 9 heteroatoms. The Morgan fingerprint density at radius 1 is 1.46 bits per heavy atom. The van der Waals surface area contributed by atoms with Crippen LogP contribution in [0.2, 0.25) is 0 Å². The molecule has 0 bridgehead atoms. The van der Waals surface area contributed by atoms with E-state index in [9.17, 15) is 26.7 Å². The smallest absolute Gasteiger partial charge is 0.399 e. The lowest BCUT2D eigenvalue weighted by Crippen LogP contribution is -2.18. The highest BCUT2D eigenvalue weighted by atomic mass is 32.2. The van der Waals surface area contributed by atoms with E-state index in [2.05, 4.69) is 8.92 Å². The molecule has 0 N–H and O–H groups in total. The second-order valence-electron chi connectivity index (χ2n) is 1.75. The summed E-state index contributed by atoms with van der Waals surface area (Å²) in [6, 6.07) is 0. The first kappa shape index (κ1) is 12.3. The van der Waals surface area contributed by atoms with E-state index >= 15 is 0 Å². The normalized spacial score (nSPS) is 13.8. The summed E-state index contributed by atoms with van der Waals surface area (Å²) in [5.74, 6) is -1.60. The van der Waals surface area contributed by atoms with Crippen LogP contribution in [0.25, 0.3) is 0 Å². The third-order valence-corrected chi connectivity index (χ3v) is 0.998. The van der Waals surface area contributed by atoms with E-state index in [0.29, 0.717) is 0 Å². The summed E-state index contributed by atoms with van der Waals surface area (Å²) < 4.78 is 60.9. The predicted molar refractivity (Wildman–Crippen MR) is 31.6 cm³/mol. The SMILES string of the molecule is O=C(CC(F)(F)F)OCOS(=O)[O-]. The second-order valence-corrected chi connectivity index (χ2v) is 2.39. The van der Waals surface area contributed by atoms with Gasteiger partial charge in [-0.05, 0) is 0 Å². The standard InChI is InChI=1S/C4H5F3O5S/c5-4(6,7)1-3(8)11-2-12-13(9)10/h1-2H2,(H,9,10)/p-1. The minimum atomic E-state index is -4.67. The third-order valence-electron chi connectivity index (χ3n) is 0.709. The molecule has 13 heavy (non-hydrogen) atoms. The monoisotopic (exact) mass is 221 g/mol. The summed E-state index contributed by atoms with van der Waals surface area (Å²) in [5.41, 5.74) is 0. The van der Waals surface area contributed by atoms with Crippen molar-refractivity contribution in [2.45, 2.75) is 12.6 Å². The molecule has 0 heterocycles. The lowest BCUT2D eigenvalue weighted by atomic mass is 10.4. The molecule has 0 fully saturated rings. The average Bonchev–Trinajstić information content (AvgIpc) is 1.81. The highest BCUT2D eigenvalue weighted by Crippen LogP contribution is 2.19. The molecular formula is C4H4F3O5S-. The Labute approximate surface area is 73.3 Å². The van der Waals surface area contributed by atoms with Gasteiger partial charge in [0.05, 0.1) is 11.4 Å². The molecule has 0 saturated carbocycles. The first-order valence-electron chi connectivity index (χ1n) is 2.76. The number of hydrogen-bond donors (Lipinski definition) is 0. The summed E-state index contributed by atoms with van der Waals surface area (Å²) in [6.07, 6.45) is -6.45. The van der Waals surface area contributed by atoms with E-state index in [-0.39, 0.29) is 0 Å². The fourth-order valence-electron chi connectivity index (χ4n) is 0.344. The largest absolute Gasteiger partial charge is 0.750 e. The molecule has 5 nitrogen and oxygen atoms in total. The Hall–Kier alpha value is -0.670. The van der Waals surface area contributed by atoms with Crippen LogP contribution in [0.15, 0.2) is 0 Å². The van der Waals surface area contributed by atoms with Gasteiger partial charge in [-0.25, -0.2) is 4.21 Å². The lowest BCUT2D eigenvalue weighted by molar-refractivity contribution is -0.175. The van der Waals surface area contributed by atoms with Crippen molar-refractivity contribution in [2.75, 3.05) is 6.79 Å². The van der Waals surface area contributed by atoms with E-state index in [0.717, 1.165) is 0 Å². The highest BCUT2D eigenvalue weighted by molar-refractivity contribution is 7.74. The molecule has 0 aliphatic carbocycles. The lowest BCUT2D eigenvalue weighted by Gasteiger charge is -2.08. The quantitative estimate of drug-likeness (QED) is 0.386. The number of carbonyl (C=O) groups excluding carboxylic acids is 1. The van der Waals surface area contributed by atoms with E-state index in [1.54, 1.807) is 0 Å². The number of carbonyl (C=O) groups is 1. The van der Waals surface area contributed by atoms with Crippen LogP contribution in [-0.4, -0.2) is 27.7 Å². The van der Waals surface area contributed by atoms with Gasteiger partial charge < -0.3 is 9.29 Å². The Bertz CT molecular complexity index is 202. The summed E-state index contributed by atoms with van der Waals surface area (Å²) in [6.45, 7) is -1.05. The maximum Gasteiger partial charge on any atom is 0.399 e. The van der Waals surface area contributed by atoms with Gasteiger partial charge >= 0.3 is 12.1 Å². The fraction of sp³-hybridized carbons (Fsp3) is 0.750. The number of alkyl halides is 3. The first-order chi connectivity index (χ1) is 5.81. The molecule has 0 aromatic rings. The molecule has 0 amide bonds. The van der Waals surface area contributed by atoms with Crippen LogP contribution < -0.4 is 0 Å². The van der Waals surface area contributed by atoms with Gasteiger partial charge in [0.1, 0.15) is 6.42 Å². The minimum Gasteiger partial charge on any atom is -0.750 e. The Morgan fingerprint density at radius 3 is 2.38 bits per heavy atom. The van der Waals surface area contributed by atoms with Gasteiger partial charge in [0.2, 0.25) is 6.79 Å². The summed E-state index contributed by atoms with van der Waals surface area (Å²) in [7, 11) is 0. The Morgan fingerprint density at radius 2 is 2.00 bits per heavy atom. The van der Waals surface area contributed by atoms with Gasteiger partial charge in [-0.3, -0.25) is 8.98 Å². The van der Waals surface area contributed by atoms with Crippen LogP contribution in [0.1, 0.15) is 6.42 Å². The topological polar surface area (TPSA) is 75.7 Å². The third kappa shape index (κ3) is 9.24. The van der Waals surface area contributed by atoms with Crippen molar-refractivity contribution in [1.82, 2.24) is 0 Å². The van der Waals surface area contributed by atoms with Crippen molar-refractivity contribution in [3.8, 4) is 0 Å². The molecule has 0 spiro atoms. The molecular weight excluding hydrogens is 217 g/mol. The van der Waals surface area contributed by atoms with Gasteiger partial charge in [0.25, 0.3) is 0 Å². The molecule has 0 aliphatic heterocycles. The zero-order valence-electron chi connectivity index (χ0n) is 6.00. The molecule has 1 unspecified atom stereocenters. The molecule has 0 saturated heterocycles. The van der Waals surface area contributed by atoms with Crippen LogP contribution in [0, 0.1) is 0 Å². The van der Waals surface area contributed by atoms with Gasteiger partial charge in [-0.1, -0.05) is 0 Å². The average molecular weight is 221 g/mol. The maximum absolute atomic E-state index is 11.4. The minimum absolute atomic E-state index is 1.05. The van der Waals surface area contributed by atoms with Crippen molar-refractivity contribution < 1.29 is 35.6 Å². The maximum atomic E-state index is 11.4. The van der Waals surface area contributed by atoms with Gasteiger partial charge in [-0.2, -0.15) is 13.2 Å². The van der Waals surface area contributed by atoms with Crippen molar-refractivity contribution in [1.29, 1.82) is 0 Å².